The van der Waals surface area contributed by atoms with Gasteiger partial charge in [-0.25, -0.2) is 0 Å². The molecule has 122 valence electrons. The van der Waals surface area contributed by atoms with Crippen LogP contribution in [0.2, 0.25) is 0 Å². The Bertz CT molecular complexity index is 433. The van der Waals surface area contributed by atoms with Crippen LogP contribution in [-0.4, -0.2) is 29.2 Å². The van der Waals surface area contributed by atoms with Gasteiger partial charge >= 0.3 is 6.18 Å². The summed E-state index contributed by atoms with van der Waals surface area (Å²) < 4.78 is 43.2. The minimum absolute atomic E-state index is 0.0573. The van der Waals surface area contributed by atoms with Gasteiger partial charge in [-0.15, -0.1) is 0 Å². The third-order valence-electron chi connectivity index (χ3n) is 3.11. The monoisotopic (exact) mass is 306 g/mol. The van der Waals surface area contributed by atoms with Crippen molar-refractivity contribution in [2.24, 2.45) is 0 Å². The molecule has 1 rings (SSSR count). The first-order valence-corrected chi connectivity index (χ1v) is 7.09. The van der Waals surface area contributed by atoms with Gasteiger partial charge in [-0.3, -0.25) is 4.90 Å². The average Bonchev–Trinajstić information content (AvgIpc) is 2.70. The van der Waals surface area contributed by atoms with Gasteiger partial charge in [-0.05, 0) is 40.7 Å². The molecular formula is C15H25F3N2O. The Morgan fingerprint density at radius 3 is 2.33 bits per heavy atom. The molecule has 0 bridgehead atoms. The van der Waals surface area contributed by atoms with E-state index in [9.17, 15) is 13.2 Å². The van der Waals surface area contributed by atoms with Crippen molar-refractivity contribution in [1.82, 2.24) is 10.2 Å². The van der Waals surface area contributed by atoms with Gasteiger partial charge in [-0.2, -0.15) is 13.2 Å². The molecule has 0 atom stereocenters. The normalized spacial score (nSPS) is 13.4. The van der Waals surface area contributed by atoms with Crippen LogP contribution in [0.25, 0.3) is 0 Å². The highest BCUT2D eigenvalue weighted by atomic mass is 19.4. The Balaban J connectivity index is 2.74. The Morgan fingerprint density at radius 1 is 1.24 bits per heavy atom. The molecule has 0 aliphatic carbocycles. The van der Waals surface area contributed by atoms with Crippen LogP contribution in [0.3, 0.4) is 0 Å². The Hall–Kier alpha value is -1.01. The molecule has 0 fully saturated rings. The van der Waals surface area contributed by atoms with Crippen molar-refractivity contribution in [3.05, 3.63) is 23.7 Å². The zero-order valence-electron chi connectivity index (χ0n) is 13.3. The fourth-order valence-corrected chi connectivity index (χ4v) is 1.86. The van der Waals surface area contributed by atoms with Crippen molar-refractivity contribution < 1.29 is 17.6 Å². The highest BCUT2D eigenvalue weighted by Gasteiger charge is 2.32. The molecule has 0 aromatic carbocycles. The summed E-state index contributed by atoms with van der Waals surface area (Å²) in [4.78, 5) is 1.36. The largest absolute Gasteiger partial charge is 0.468 e. The number of hydrogen-bond acceptors (Lipinski definition) is 3. The van der Waals surface area contributed by atoms with Crippen molar-refractivity contribution in [3.8, 4) is 0 Å². The molecule has 21 heavy (non-hydrogen) atoms. The molecule has 1 N–H and O–H groups in total. The predicted octanol–water partition coefficient (Wildman–Crippen LogP) is 3.94. The summed E-state index contributed by atoms with van der Waals surface area (Å²) in [7, 11) is 0. The second kappa shape index (κ2) is 6.83. The lowest BCUT2D eigenvalue weighted by molar-refractivity contribution is -0.151. The molecule has 0 radical (unpaired) electrons. The first kappa shape index (κ1) is 18.0. The maximum Gasteiger partial charge on any atom is 0.401 e. The first-order valence-electron chi connectivity index (χ1n) is 7.09. The summed E-state index contributed by atoms with van der Waals surface area (Å²) in [6.45, 7) is 9.42. The highest BCUT2D eigenvalue weighted by molar-refractivity contribution is 5.17. The van der Waals surface area contributed by atoms with Crippen molar-refractivity contribution in [2.45, 2.75) is 65.5 Å². The smallest absolute Gasteiger partial charge is 0.401 e. The van der Waals surface area contributed by atoms with Gasteiger partial charge in [0.1, 0.15) is 5.76 Å². The van der Waals surface area contributed by atoms with Crippen molar-refractivity contribution in [2.75, 3.05) is 6.54 Å². The highest BCUT2D eigenvalue weighted by Crippen LogP contribution is 2.22. The van der Waals surface area contributed by atoms with E-state index < -0.39 is 12.7 Å². The molecule has 0 amide bonds. The molecule has 0 saturated carbocycles. The zero-order valence-corrected chi connectivity index (χ0v) is 13.3. The van der Waals surface area contributed by atoms with E-state index in [4.69, 9.17) is 4.42 Å². The van der Waals surface area contributed by atoms with Crippen LogP contribution in [0.4, 0.5) is 13.2 Å². The summed E-state index contributed by atoms with van der Waals surface area (Å²) in [6, 6.07) is 1.60. The third kappa shape index (κ3) is 7.00. The minimum atomic E-state index is -4.21. The molecule has 0 saturated heterocycles. The fourth-order valence-electron chi connectivity index (χ4n) is 1.86. The van der Waals surface area contributed by atoms with E-state index in [1.807, 2.05) is 20.8 Å². The quantitative estimate of drug-likeness (QED) is 0.863. The van der Waals surface area contributed by atoms with E-state index in [2.05, 4.69) is 5.32 Å². The van der Waals surface area contributed by atoms with Gasteiger partial charge in [0.05, 0.1) is 19.4 Å². The first-order chi connectivity index (χ1) is 9.48. The number of alkyl halides is 3. The van der Waals surface area contributed by atoms with Gasteiger partial charge in [0, 0.05) is 23.7 Å². The summed E-state index contributed by atoms with van der Waals surface area (Å²) in [6.07, 6.45) is -2.68. The zero-order chi connectivity index (χ0) is 16.3. The standard InChI is InChI=1S/C15H25F3N2O/c1-11(2)20(10-15(16,17)18)9-13-12(6-7-21-13)8-19-14(3,4)5/h6-7,11,19H,8-10H2,1-5H3. The number of furan rings is 1. The predicted molar refractivity (Wildman–Crippen MR) is 76.9 cm³/mol. The third-order valence-corrected chi connectivity index (χ3v) is 3.11. The van der Waals surface area contributed by atoms with Crippen LogP contribution in [0, 0.1) is 0 Å². The van der Waals surface area contributed by atoms with Crippen molar-refractivity contribution in [3.63, 3.8) is 0 Å². The fraction of sp³-hybridized carbons (Fsp3) is 0.733. The average molecular weight is 306 g/mol. The molecule has 0 aliphatic heterocycles. The lowest BCUT2D eigenvalue weighted by Gasteiger charge is -2.27. The van der Waals surface area contributed by atoms with Crippen LogP contribution in [0.5, 0.6) is 0 Å². The van der Waals surface area contributed by atoms with Gasteiger partial charge in [0.15, 0.2) is 0 Å². The molecule has 0 aliphatic rings. The van der Waals surface area contributed by atoms with E-state index in [1.54, 1.807) is 19.9 Å². The lowest BCUT2D eigenvalue weighted by atomic mass is 10.1. The summed E-state index contributed by atoms with van der Waals surface area (Å²) in [5.41, 5.74) is 0.843. The van der Waals surface area contributed by atoms with Crippen LogP contribution < -0.4 is 5.32 Å². The second-order valence-corrected chi connectivity index (χ2v) is 6.59. The second-order valence-electron chi connectivity index (χ2n) is 6.59. The van der Waals surface area contributed by atoms with E-state index in [1.165, 1.54) is 11.2 Å². The molecule has 1 aromatic heterocycles. The Labute approximate surface area is 124 Å². The number of nitrogens with zero attached hydrogens (tertiary/aromatic N) is 1. The van der Waals surface area contributed by atoms with Crippen LogP contribution in [-0.2, 0) is 13.1 Å². The summed E-state index contributed by atoms with van der Waals surface area (Å²) >= 11 is 0. The maximum absolute atomic E-state index is 12.6. The van der Waals surface area contributed by atoms with Gasteiger partial charge in [-0.1, -0.05) is 0 Å². The summed E-state index contributed by atoms with van der Waals surface area (Å²) in [5.74, 6) is 0.588. The molecule has 0 unspecified atom stereocenters. The van der Waals surface area contributed by atoms with E-state index >= 15 is 0 Å². The Kier molecular flexibility index (Phi) is 5.87. The topological polar surface area (TPSA) is 28.4 Å². The van der Waals surface area contributed by atoms with Crippen molar-refractivity contribution >= 4 is 0 Å². The van der Waals surface area contributed by atoms with E-state index in [0.29, 0.717) is 12.3 Å². The van der Waals surface area contributed by atoms with Crippen molar-refractivity contribution in [1.29, 1.82) is 0 Å². The van der Waals surface area contributed by atoms with Crippen LogP contribution in [0.1, 0.15) is 45.9 Å². The molecule has 3 nitrogen and oxygen atoms in total. The number of halogens is 3. The van der Waals surface area contributed by atoms with Crippen LogP contribution >= 0.6 is 0 Å². The number of rotatable bonds is 6. The number of hydrogen-bond donors (Lipinski definition) is 1. The maximum atomic E-state index is 12.6. The van der Waals surface area contributed by atoms with E-state index in [0.717, 1.165) is 5.56 Å². The SMILES string of the molecule is CC(C)N(Cc1occc1CNC(C)(C)C)CC(F)(F)F. The van der Waals surface area contributed by atoms with Gasteiger partial charge in [0.25, 0.3) is 0 Å². The molecule has 0 spiro atoms. The van der Waals surface area contributed by atoms with Gasteiger partial charge in [0.2, 0.25) is 0 Å². The lowest BCUT2D eigenvalue weighted by Crippen LogP contribution is -2.39. The summed E-state index contributed by atoms with van der Waals surface area (Å²) in [5, 5.41) is 3.31. The molecule has 6 heteroatoms. The molecule has 1 aromatic rings. The minimum Gasteiger partial charge on any atom is -0.468 e. The number of nitrogens with one attached hydrogen (secondary N) is 1. The van der Waals surface area contributed by atoms with E-state index in [-0.39, 0.29) is 18.1 Å². The Morgan fingerprint density at radius 2 is 1.86 bits per heavy atom. The molecular weight excluding hydrogens is 281 g/mol. The van der Waals surface area contributed by atoms with Crippen LogP contribution in [0.15, 0.2) is 16.7 Å². The molecule has 1 heterocycles. The van der Waals surface area contributed by atoms with Gasteiger partial charge < -0.3 is 9.73 Å².